The molecule has 0 radical (unpaired) electrons. The van der Waals surface area contributed by atoms with Gasteiger partial charge in [-0.1, -0.05) is 24.1 Å². The van der Waals surface area contributed by atoms with Crippen LogP contribution < -0.4 is 10.1 Å². The number of halogens is 1. The summed E-state index contributed by atoms with van der Waals surface area (Å²) in [5, 5.41) is 3.48. The summed E-state index contributed by atoms with van der Waals surface area (Å²) in [6.45, 7) is 4.11. The van der Waals surface area contributed by atoms with Gasteiger partial charge >= 0.3 is 6.03 Å². The Balaban J connectivity index is 1.43. The van der Waals surface area contributed by atoms with Gasteiger partial charge in [0, 0.05) is 25.7 Å². The maximum Gasteiger partial charge on any atom is 0.321 e. The maximum atomic E-state index is 12.7. The lowest BCUT2D eigenvalue weighted by atomic mass is 9.90. The number of urea groups is 1. The molecule has 3 fully saturated rings. The van der Waals surface area contributed by atoms with Gasteiger partial charge in [0.05, 0.1) is 17.8 Å². The number of nitrogens with one attached hydrogen (secondary N) is 1. The quantitative estimate of drug-likeness (QED) is 0.891. The van der Waals surface area contributed by atoms with Gasteiger partial charge in [-0.3, -0.25) is 4.90 Å². The molecule has 0 aliphatic carbocycles. The van der Waals surface area contributed by atoms with E-state index in [-0.39, 0.29) is 6.03 Å². The Hall–Kier alpha value is -1.46. The summed E-state index contributed by atoms with van der Waals surface area (Å²) in [5.41, 5.74) is 0.631. The number of amides is 2. The number of methoxy groups -OCH3 is 1. The molecule has 3 atom stereocenters. The van der Waals surface area contributed by atoms with Crippen molar-refractivity contribution < 1.29 is 9.53 Å². The number of benzene rings is 1. The highest BCUT2D eigenvalue weighted by Crippen LogP contribution is 2.40. The molecule has 5 nitrogen and oxygen atoms in total. The minimum atomic E-state index is -0.0488. The summed E-state index contributed by atoms with van der Waals surface area (Å²) in [5.74, 6) is 1.78. The summed E-state index contributed by atoms with van der Waals surface area (Å²) in [4.78, 5) is 17.3. The maximum absolute atomic E-state index is 12.7. The summed E-state index contributed by atoms with van der Waals surface area (Å²) in [6.07, 6.45) is 3.95. The molecule has 1 N–H and O–H groups in total. The number of para-hydroxylation sites is 1. The van der Waals surface area contributed by atoms with Crippen LogP contribution in [-0.2, 0) is 0 Å². The van der Waals surface area contributed by atoms with E-state index < -0.39 is 0 Å². The van der Waals surface area contributed by atoms with E-state index in [9.17, 15) is 4.79 Å². The van der Waals surface area contributed by atoms with E-state index in [2.05, 4.69) is 10.2 Å². The van der Waals surface area contributed by atoms with Gasteiger partial charge in [-0.25, -0.2) is 4.79 Å². The van der Waals surface area contributed by atoms with Crippen LogP contribution in [0, 0.1) is 11.8 Å². The van der Waals surface area contributed by atoms with Crippen molar-refractivity contribution in [3.05, 3.63) is 23.2 Å². The highest BCUT2D eigenvalue weighted by Gasteiger charge is 2.48. The number of carbonyl (C=O) groups excluding carboxylic acids is 1. The molecule has 3 saturated heterocycles. The zero-order valence-electron chi connectivity index (χ0n) is 14.0. The second-order valence-electron chi connectivity index (χ2n) is 7.14. The Morgan fingerprint density at radius 3 is 3.00 bits per heavy atom. The third-order valence-electron chi connectivity index (χ3n) is 5.82. The third kappa shape index (κ3) is 2.74. The SMILES string of the molecule is COc1c(Cl)cccc1NC(=O)N1C[C@@H]2CN3CCCC[C@H]3[C@H]2C1. The van der Waals surface area contributed by atoms with Gasteiger partial charge in [0.25, 0.3) is 0 Å². The Morgan fingerprint density at radius 2 is 2.17 bits per heavy atom. The predicted octanol–water partition coefficient (Wildman–Crippen LogP) is 3.30. The number of piperidine rings is 1. The highest BCUT2D eigenvalue weighted by molar-refractivity contribution is 6.32. The van der Waals surface area contributed by atoms with Crippen molar-refractivity contribution in [1.29, 1.82) is 0 Å². The fourth-order valence-corrected chi connectivity index (χ4v) is 4.98. The summed E-state index contributed by atoms with van der Waals surface area (Å²) < 4.78 is 5.31. The van der Waals surface area contributed by atoms with Gasteiger partial charge < -0.3 is 15.0 Å². The van der Waals surface area contributed by atoms with Crippen LogP contribution >= 0.6 is 11.6 Å². The molecule has 1 aromatic carbocycles. The molecular weight excluding hydrogens is 326 g/mol. The lowest BCUT2D eigenvalue weighted by Gasteiger charge is -2.33. The van der Waals surface area contributed by atoms with E-state index in [1.165, 1.54) is 25.8 Å². The average molecular weight is 350 g/mol. The van der Waals surface area contributed by atoms with E-state index in [1.54, 1.807) is 13.2 Å². The molecule has 3 aliphatic rings. The van der Waals surface area contributed by atoms with Gasteiger partial charge in [-0.05, 0) is 43.4 Å². The zero-order chi connectivity index (χ0) is 16.7. The van der Waals surface area contributed by atoms with Gasteiger partial charge in [-0.2, -0.15) is 0 Å². The molecule has 2 amide bonds. The molecule has 0 bridgehead atoms. The van der Waals surface area contributed by atoms with Gasteiger partial charge in [-0.15, -0.1) is 0 Å². The Kier molecular flexibility index (Phi) is 4.31. The van der Waals surface area contributed by atoms with Crippen LogP contribution in [0.2, 0.25) is 5.02 Å². The number of fused-ring (bicyclic) bond motifs is 3. The van der Waals surface area contributed by atoms with Crippen molar-refractivity contribution in [2.75, 3.05) is 38.6 Å². The van der Waals surface area contributed by atoms with E-state index >= 15 is 0 Å². The van der Waals surface area contributed by atoms with Crippen LogP contribution in [-0.4, -0.2) is 55.2 Å². The van der Waals surface area contributed by atoms with E-state index in [4.69, 9.17) is 16.3 Å². The normalized spacial score (nSPS) is 29.2. The first-order chi connectivity index (χ1) is 11.7. The van der Waals surface area contributed by atoms with Gasteiger partial charge in [0.1, 0.15) is 0 Å². The Morgan fingerprint density at radius 1 is 1.29 bits per heavy atom. The molecule has 4 rings (SSSR count). The second kappa shape index (κ2) is 6.45. The number of hydrogen-bond donors (Lipinski definition) is 1. The molecular formula is C18H24ClN3O2. The van der Waals surface area contributed by atoms with Crippen LogP contribution in [0.3, 0.4) is 0 Å². The molecule has 0 saturated carbocycles. The van der Waals surface area contributed by atoms with Crippen molar-refractivity contribution in [3.8, 4) is 5.75 Å². The van der Waals surface area contributed by atoms with Crippen molar-refractivity contribution >= 4 is 23.3 Å². The van der Waals surface area contributed by atoms with Crippen molar-refractivity contribution in [3.63, 3.8) is 0 Å². The lowest BCUT2D eigenvalue weighted by Crippen LogP contribution is -2.41. The Labute approximate surface area is 147 Å². The summed E-state index contributed by atoms with van der Waals surface area (Å²) >= 11 is 6.13. The molecule has 1 aromatic rings. The van der Waals surface area contributed by atoms with Crippen LogP contribution in [0.5, 0.6) is 5.75 Å². The number of anilines is 1. The van der Waals surface area contributed by atoms with Crippen molar-refractivity contribution in [2.45, 2.75) is 25.3 Å². The first-order valence-corrected chi connectivity index (χ1v) is 9.17. The van der Waals surface area contributed by atoms with Gasteiger partial charge in [0.2, 0.25) is 0 Å². The number of hydrogen-bond acceptors (Lipinski definition) is 3. The Bertz CT molecular complexity index is 639. The molecule has 3 aliphatic heterocycles. The third-order valence-corrected chi connectivity index (χ3v) is 6.12. The average Bonchev–Trinajstić information content (AvgIpc) is 3.13. The summed E-state index contributed by atoms with van der Waals surface area (Å²) in [7, 11) is 1.56. The minimum absolute atomic E-state index is 0.0488. The van der Waals surface area contributed by atoms with Crippen LogP contribution in [0.25, 0.3) is 0 Å². The van der Waals surface area contributed by atoms with Crippen LogP contribution in [0.15, 0.2) is 18.2 Å². The second-order valence-corrected chi connectivity index (χ2v) is 7.54. The fraction of sp³-hybridized carbons (Fsp3) is 0.611. The molecule has 130 valence electrons. The van der Waals surface area contributed by atoms with E-state index in [0.717, 1.165) is 19.6 Å². The molecule has 0 spiro atoms. The molecule has 6 heteroatoms. The topological polar surface area (TPSA) is 44.8 Å². The summed E-state index contributed by atoms with van der Waals surface area (Å²) in [6, 6.07) is 6.03. The highest BCUT2D eigenvalue weighted by atomic mass is 35.5. The number of likely N-dealkylation sites (tertiary alicyclic amines) is 1. The standard InChI is InChI=1S/C18H24ClN3O2/c1-24-17-14(19)5-4-6-15(17)20-18(23)22-10-12-9-21-8-3-2-7-16(21)13(12)11-22/h4-6,12-13,16H,2-3,7-11H2,1H3,(H,20,23)/t12-,13-,16-/m0/s1. The zero-order valence-corrected chi connectivity index (χ0v) is 14.8. The van der Waals surface area contributed by atoms with Crippen LogP contribution in [0.1, 0.15) is 19.3 Å². The largest absolute Gasteiger partial charge is 0.493 e. The molecule has 0 aromatic heterocycles. The number of nitrogens with zero attached hydrogens (tertiary/aromatic N) is 2. The first-order valence-electron chi connectivity index (χ1n) is 8.80. The molecule has 0 unspecified atom stereocenters. The smallest absolute Gasteiger partial charge is 0.321 e. The predicted molar refractivity (Wildman–Crippen MR) is 94.8 cm³/mol. The molecule has 3 heterocycles. The van der Waals surface area contributed by atoms with Crippen LogP contribution in [0.4, 0.5) is 10.5 Å². The minimum Gasteiger partial charge on any atom is -0.493 e. The first kappa shape index (κ1) is 16.0. The van der Waals surface area contributed by atoms with E-state index in [0.29, 0.717) is 34.3 Å². The fourth-order valence-electron chi connectivity index (χ4n) is 4.73. The van der Waals surface area contributed by atoms with E-state index in [1.807, 2.05) is 17.0 Å². The molecule has 24 heavy (non-hydrogen) atoms. The van der Waals surface area contributed by atoms with Crippen molar-refractivity contribution in [2.24, 2.45) is 11.8 Å². The number of rotatable bonds is 2. The monoisotopic (exact) mass is 349 g/mol. The number of carbonyl (C=O) groups is 1. The number of ether oxygens (including phenoxy) is 1. The van der Waals surface area contributed by atoms with Gasteiger partial charge in [0.15, 0.2) is 5.75 Å². The van der Waals surface area contributed by atoms with Crippen molar-refractivity contribution in [1.82, 2.24) is 9.80 Å². The lowest BCUT2D eigenvalue weighted by molar-refractivity contribution is 0.157.